The lowest BCUT2D eigenvalue weighted by Gasteiger charge is -2.21. The van der Waals surface area contributed by atoms with Gasteiger partial charge in [0.15, 0.2) is 5.82 Å². The lowest BCUT2D eigenvalue weighted by Crippen LogP contribution is -2.29. The molecule has 0 saturated carbocycles. The number of hydrogen-bond donors (Lipinski definition) is 3. The number of ether oxygens (including phenoxy) is 1. The number of fused-ring (bicyclic) bond motifs is 1. The van der Waals surface area contributed by atoms with E-state index in [1.807, 2.05) is 37.3 Å². The van der Waals surface area contributed by atoms with Crippen molar-refractivity contribution in [3.05, 3.63) is 120 Å². The lowest BCUT2D eigenvalue weighted by molar-refractivity contribution is 0.414. The Kier molecular flexibility index (Phi) is 7.45. The molecular formula is C31H28N8O4S. The van der Waals surface area contributed by atoms with Crippen LogP contribution in [0.3, 0.4) is 0 Å². The van der Waals surface area contributed by atoms with Gasteiger partial charge in [0, 0.05) is 11.9 Å². The highest BCUT2D eigenvalue weighted by Crippen LogP contribution is 2.34. The van der Waals surface area contributed by atoms with Crippen LogP contribution in [-0.4, -0.2) is 39.7 Å². The zero-order valence-electron chi connectivity index (χ0n) is 23.7. The molecule has 0 aliphatic heterocycles. The van der Waals surface area contributed by atoms with Crippen molar-refractivity contribution in [3.63, 3.8) is 0 Å². The number of benzene rings is 3. The van der Waals surface area contributed by atoms with Crippen LogP contribution in [0.2, 0.25) is 0 Å². The number of hydrogen-bond acceptors (Lipinski definition) is 9. The van der Waals surface area contributed by atoms with E-state index in [-0.39, 0.29) is 16.3 Å². The van der Waals surface area contributed by atoms with Gasteiger partial charge >= 0.3 is 0 Å². The fourth-order valence-corrected chi connectivity index (χ4v) is 5.93. The average Bonchev–Trinajstić information content (AvgIpc) is 3.51. The highest BCUT2D eigenvalue weighted by atomic mass is 32.2. The van der Waals surface area contributed by atoms with E-state index in [1.165, 1.54) is 25.6 Å². The molecule has 12 nitrogen and oxygen atoms in total. The second-order valence-corrected chi connectivity index (χ2v) is 11.6. The minimum absolute atomic E-state index is 0.0825. The average molecular weight is 609 g/mol. The van der Waals surface area contributed by atoms with Gasteiger partial charge < -0.3 is 15.8 Å². The van der Waals surface area contributed by atoms with Crippen molar-refractivity contribution in [1.29, 1.82) is 0 Å². The molecular weight excluding hydrogens is 580 g/mol. The normalized spacial score (nSPS) is 12.1. The number of nitrogens with zero attached hydrogens (tertiary/aromatic N) is 5. The maximum absolute atomic E-state index is 13.6. The van der Waals surface area contributed by atoms with Gasteiger partial charge in [0.25, 0.3) is 15.6 Å². The van der Waals surface area contributed by atoms with Crippen LogP contribution in [0.15, 0.2) is 113 Å². The van der Waals surface area contributed by atoms with E-state index in [9.17, 15) is 13.2 Å². The van der Waals surface area contributed by atoms with Crippen molar-refractivity contribution in [2.45, 2.75) is 17.9 Å². The van der Waals surface area contributed by atoms with Crippen molar-refractivity contribution < 1.29 is 13.2 Å². The van der Waals surface area contributed by atoms with Gasteiger partial charge in [-0.25, -0.2) is 22.9 Å². The molecule has 3 heterocycles. The van der Waals surface area contributed by atoms with E-state index in [1.54, 1.807) is 63.8 Å². The van der Waals surface area contributed by atoms with Crippen molar-refractivity contribution in [1.82, 2.24) is 24.1 Å². The molecule has 1 unspecified atom stereocenters. The highest BCUT2D eigenvalue weighted by Gasteiger charge is 2.22. The zero-order valence-corrected chi connectivity index (χ0v) is 24.6. The summed E-state index contributed by atoms with van der Waals surface area (Å²) in [6.07, 6.45) is 3.05. The summed E-state index contributed by atoms with van der Waals surface area (Å²) >= 11 is 0. The first-order valence-electron chi connectivity index (χ1n) is 13.6. The topological polar surface area (TPSA) is 159 Å². The number of rotatable bonds is 9. The molecule has 0 bridgehead atoms. The van der Waals surface area contributed by atoms with Gasteiger partial charge in [-0.1, -0.05) is 30.3 Å². The number of nitrogens with two attached hydrogens (primary N) is 1. The first-order chi connectivity index (χ1) is 21.2. The van der Waals surface area contributed by atoms with Crippen LogP contribution in [0.25, 0.3) is 22.3 Å². The minimum Gasteiger partial charge on any atom is -0.497 e. The summed E-state index contributed by atoms with van der Waals surface area (Å²) in [5.41, 5.74) is 8.58. The summed E-state index contributed by atoms with van der Waals surface area (Å²) in [5, 5.41) is 8.09. The quantitative estimate of drug-likeness (QED) is 0.215. The SMILES string of the molecule is COc1ccc(S(=O)(=O)Nc2cccc(-c3c(N)ncnc3NC(C)c3nn4cccc4c(=O)n3-c3ccccc3)c2)cc1. The summed E-state index contributed by atoms with van der Waals surface area (Å²) in [7, 11) is -2.38. The van der Waals surface area contributed by atoms with Gasteiger partial charge in [0.2, 0.25) is 0 Å². The molecule has 0 saturated heterocycles. The second-order valence-electron chi connectivity index (χ2n) is 9.88. The van der Waals surface area contributed by atoms with E-state index in [0.717, 1.165) is 0 Å². The van der Waals surface area contributed by atoms with E-state index < -0.39 is 16.1 Å². The smallest absolute Gasteiger partial charge is 0.282 e. The second kappa shape index (κ2) is 11.5. The fourth-order valence-electron chi connectivity index (χ4n) is 4.88. The Morgan fingerprint density at radius 3 is 2.45 bits per heavy atom. The maximum Gasteiger partial charge on any atom is 0.282 e. The Labute approximate surface area is 252 Å². The van der Waals surface area contributed by atoms with Crippen LogP contribution in [-0.2, 0) is 10.0 Å². The predicted molar refractivity (Wildman–Crippen MR) is 169 cm³/mol. The fraction of sp³-hybridized carbons (Fsp3) is 0.0968. The minimum atomic E-state index is -3.89. The van der Waals surface area contributed by atoms with Gasteiger partial charge in [-0.3, -0.25) is 14.1 Å². The van der Waals surface area contributed by atoms with Gasteiger partial charge in [-0.15, -0.1) is 0 Å². The van der Waals surface area contributed by atoms with Crippen LogP contribution in [0, 0.1) is 0 Å². The summed E-state index contributed by atoms with van der Waals surface area (Å²) in [6, 6.07) is 25.1. The molecule has 1 atom stereocenters. The van der Waals surface area contributed by atoms with E-state index in [2.05, 4.69) is 20.0 Å². The van der Waals surface area contributed by atoms with Crippen LogP contribution >= 0.6 is 0 Å². The van der Waals surface area contributed by atoms with Gasteiger partial charge in [-0.05, 0) is 73.2 Å². The summed E-state index contributed by atoms with van der Waals surface area (Å²) in [5.74, 6) is 1.54. The van der Waals surface area contributed by atoms with Crippen LogP contribution in [0.5, 0.6) is 5.75 Å². The molecule has 0 radical (unpaired) electrons. The Morgan fingerprint density at radius 2 is 1.70 bits per heavy atom. The largest absolute Gasteiger partial charge is 0.497 e. The molecule has 3 aromatic carbocycles. The molecule has 6 rings (SSSR count). The number of sulfonamides is 1. The third-order valence-corrected chi connectivity index (χ3v) is 8.39. The van der Waals surface area contributed by atoms with Crippen molar-refractivity contribution in [2.24, 2.45) is 0 Å². The van der Waals surface area contributed by atoms with Crippen LogP contribution in [0.1, 0.15) is 18.8 Å². The first kappa shape index (κ1) is 28.4. The molecule has 0 spiro atoms. The monoisotopic (exact) mass is 608 g/mol. The predicted octanol–water partition coefficient (Wildman–Crippen LogP) is 4.51. The van der Waals surface area contributed by atoms with E-state index >= 15 is 0 Å². The number of nitrogen functional groups attached to an aromatic ring is 1. The maximum atomic E-state index is 13.6. The van der Waals surface area contributed by atoms with Crippen molar-refractivity contribution in [2.75, 3.05) is 22.9 Å². The molecule has 0 aliphatic rings. The molecule has 0 aliphatic carbocycles. The molecule has 3 aromatic heterocycles. The molecule has 6 aromatic rings. The number of para-hydroxylation sites is 1. The highest BCUT2D eigenvalue weighted by molar-refractivity contribution is 7.92. The Balaban J connectivity index is 1.36. The van der Waals surface area contributed by atoms with E-state index in [0.29, 0.717) is 45.4 Å². The number of aromatic nitrogens is 5. The molecule has 13 heteroatoms. The standard InChI is InChI=1S/C31H28N8O4S/c1-20(30-36-38-17-7-12-26(38)31(40)39(30)23-10-4-3-5-11-23)35-29-27(28(32)33-19-34-29)21-8-6-9-22(18-21)37-44(41,42)25-15-13-24(43-2)14-16-25/h3-20,37H,1-2H3,(H3,32,33,34,35). The summed E-state index contributed by atoms with van der Waals surface area (Å²) < 4.78 is 37.0. The van der Waals surface area contributed by atoms with Crippen molar-refractivity contribution >= 4 is 32.9 Å². The molecule has 222 valence electrons. The first-order valence-corrected chi connectivity index (χ1v) is 15.0. The summed E-state index contributed by atoms with van der Waals surface area (Å²) in [6.45, 7) is 1.86. The van der Waals surface area contributed by atoms with Crippen LogP contribution in [0.4, 0.5) is 17.3 Å². The third kappa shape index (κ3) is 5.43. The van der Waals surface area contributed by atoms with Gasteiger partial charge in [0.1, 0.15) is 29.2 Å². The van der Waals surface area contributed by atoms with Crippen molar-refractivity contribution in [3.8, 4) is 22.6 Å². The molecule has 0 amide bonds. The molecule has 44 heavy (non-hydrogen) atoms. The number of nitrogens with one attached hydrogen (secondary N) is 2. The van der Waals surface area contributed by atoms with Crippen LogP contribution < -0.4 is 26.1 Å². The Bertz CT molecular complexity index is 2130. The molecule has 4 N–H and O–H groups in total. The van der Waals surface area contributed by atoms with Gasteiger partial charge in [0.05, 0.1) is 29.3 Å². The van der Waals surface area contributed by atoms with E-state index in [4.69, 9.17) is 15.6 Å². The Hall–Kier alpha value is -5.69. The number of anilines is 3. The lowest BCUT2D eigenvalue weighted by atomic mass is 10.1. The zero-order chi connectivity index (χ0) is 30.8. The Morgan fingerprint density at radius 1 is 0.932 bits per heavy atom. The van der Waals surface area contributed by atoms with Gasteiger partial charge in [-0.2, -0.15) is 5.10 Å². The number of methoxy groups -OCH3 is 1. The summed E-state index contributed by atoms with van der Waals surface area (Å²) in [4.78, 5) is 22.3. The molecule has 0 fully saturated rings. The third-order valence-electron chi connectivity index (χ3n) is 6.99.